The molecule has 0 aliphatic rings. The molecule has 0 spiro atoms. The van der Waals surface area contributed by atoms with Crippen LogP contribution in [-0.4, -0.2) is 27.0 Å². The molecule has 2 heterocycles. The highest BCUT2D eigenvalue weighted by Gasteiger charge is 2.14. The Morgan fingerprint density at radius 3 is 2.67 bits per heavy atom. The Morgan fingerprint density at radius 1 is 1.27 bits per heavy atom. The number of aromatic nitrogens is 4. The fourth-order valence-corrected chi connectivity index (χ4v) is 1.62. The first kappa shape index (κ1) is 9.79. The largest absolute Gasteiger partial charge is 0.308 e. The van der Waals surface area contributed by atoms with Crippen LogP contribution < -0.4 is 5.32 Å². The van der Waals surface area contributed by atoms with Gasteiger partial charge in [-0.1, -0.05) is 0 Å². The molecule has 2 rings (SSSR count). The summed E-state index contributed by atoms with van der Waals surface area (Å²) in [6.07, 6.45) is 5.23. The number of aryl methyl sites for hydroxylation is 1. The van der Waals surface area contributed by atoms with Crippen LogP contribution in [0.5, 0.6) is 0 Å². The van der Waals surface area contributed by atoms with E-state index < -0.39 is 0 Å². The van der Waals surface area contributed by atoms with Gasteiger partial charge in [0.1, 0.15) is 0 Å². The Morgan fingerprint density at radius 2 is 2.13 bits per heavy atom. The molecule has 1 atom stereocenters. The summed E-state index contributed by atoms with van der Waals surface area (Å²) in [5.41, 5.74) is 2.18. The average molecular weight is 203 g/mol. The predicted octanol–water partition coefficient (Wildman–Crippen LogP) is 0.519. The van der Waals surface area contributed by atoms with E-state index in [1.807, 2.05) is 30.9 Å². The van der Waals surface area contributed by atoms with Gasteiger partial charge in [0.25, 0.3) is 0 Å². The van der Waals surface area contributed by atoms with Crippen molar-refractivity contribution in [1.82, 2.24) is 25.3 Å². The zero-order valence-electron chi connectivity index (χ0n) is 8.75. The Hall–Kier alpha value is -1.75. The van der Waals surface area contributed by atoms with E-state index in [0.29, 0.717) is 0 Å². The van der Waals surface area contributed by atoms with Crippen molar-refractivity contribution in [2.24, 2.45) is 7.05 Å². The molecule has 5 nitrogen and oxygen atoms in total. The maximum absolute atomic E-state index is 4.15. The summed E-state index contributed by atoms with van der Waals surface area (Å²) in [4.78, 5) is 0. The minimum Gasteiger partial charge on any atom is -0.308 e. The van der Waals surface area contributed by atoms with E-state index in [2.05, 4.69) is 20.6 Å². The minimum atomic E-state index is 0.105. The lowest BCUT2D eigenvalue weighted by atomic mass is 10.1. The third kappa shape index (κ3) is 1.87. The quantitative estimate of drug-likeness (QED) is 0.790. The summed E-state index contributed by atoms with van der Waals surface area (Å²) in [5.74, 6) is 0. The van der Waals surface area contributed by atoms with E-state index in [1.165, 1.54) is 0 Å². The highest BCUT2D eigenvalue weighted by molar-refractivity contribution is 5.23. The van der Waals surface area contributed by atoms with E-state index in [9.17, 15) is 0 Å². The topological polar surface area (TPSA) is 55.6 Å². The smallest absolute Gasteiger partial charge is 0.0761 e. The van der Waals surface area contributed by atoms with Crippen LogP contribution in [0.15, 0.2) is 30.7 Å². The van der Waals surface area contributed by atoms with Crippen LogP contribution in [0.3, 0.4) is 0 Å². The fourth-order valence-electron chi connectivity index (χ4n) is 1.62. The molecular weight excluding hydrogens is 190 g/mol. The van der Waals surface area contributed by atoms with E-state index in [-0.39, 0.29) is 6.04 Å². The molecule has 1 unspecified atom stereocenters. The van der Waals surface area contributed by atoms with Crippen molar-refractivity contribution >= 4 is 0 Å². The minimum absolute atomic E-state index is 0.105. The lowest BCUT2D eigenvalue weighted by Gasteiger charge is -2.15. The van der Waals surface area contributed by atoms with Crippen LogP contribution in [-0.2, 0) is 7.05 Å². The molecule has 0 bridgehead atoms. The van der Waals surface area contributed by atoms with Crippen molar-refractivity contribution in [2.45, 2.75) is 6.04 Å². The maximum atomic E-state index is 4.15. The highest BCUT2D eigenvalue weighted by atomic mass is 15.3. The van der Waals surface area contributed by atoms with Gasteiger partial charge in [-0.25, -0.2) is 0 Å². The number of nitrogens with one attached hydrogen (secondary N) is 1. The van der Waals surface area contributed by atoms with Crippen molar-refractivity contribution in [3.63, 3.8) is 0 Å². The Bertz CT molecular complexity index is 422. The summed E-state index contributed by atoms with van der Waals surface area (Å²) in [5, 5.41) is 15.0. The van der Waals surface area contributed by atoms with Crippen molar-refractivity contribution in [3.8, 4) is 0 Å². The molecule has 5 heteroatoms. The zero-order valence-corrected chi connectivity index (χ0v) is 8.75. The van der Waals surface area contributed by atoms with Crippen LogP contribution in [0.2, 0.25) is 0 Å². The van der Waals surface area contributed by atoms with Crippen LogP contribution in [0, 0.1) is 0 Å². The molecule has 0 aliphatic carbocycles. The lowest BCUT2D eigenvalue weighted by molar-refractivity contribution is 0.603. The Balaban J connectivity index is 2.37. The second-order valence-electron chi connectivity index (χ2n) is 3.28. The molecule has 2 aromatic rings. The molecule has 0 fully saturated rings. The molecule has 0 saturated carbocycles. The summed E-state index contributed by atoms with van der Waals surface area (Å²) in [7, 11) is 3.84. The number of hydrogen-bond acceptors (Lipinski definition) is 4. The van der Waals surface area contributed by atoms with E-state index in [1.54, 1.807) is 18.6 Å². The molecule has 0 amide bonds. The summed E-state index contributed by atoms with van der Waals surface area (Å²) in [6.45, 7) is 0. The normalized spacial score (nSPS) is 12.7. The average Bonchev–Trinajstić information content (AvgIpc) is 2.68. The number of rotatable bonds is 3. The Labute approximate surface area is 88.1 Å². The van der Waals surface area contributed by atoms with Gasteiger partial charge < -0.3 is 5.32 Å². The van der Waals surface area contributed by atoms with Crippen LogP contribution in [0.1, 0.15) is 17.3 Å². The van der Waals surface area contributed by atoms with Crippen molar-refractivity contribution < 1.29 is 0 Å². The summed E-state index contributed by atoms with van der Waals surface area (Å²) >= 11 is 0. The summed E-state index contributed by atoms with van der Waals surface area (Å²) in [6, 6.07) is 4.04. The fraction of sp³-hybridized carbons (Fsp3) is 0.300. The molecule has 0 saturated heterocycles. The van der Waals surface area contributed by atoms with Gasteiger partial charge in [0.2, 0.25) is 0 Å². The first-order valence-electron chi connectivity index (χ1n) is 4.74. The number of nitrogens with zero attached hydrogens (tertiary/aromatic N) is 4. The van der Waals surface area contributed by atoms with Gasteiger partial charge in [0.15, 0.2) is 0 Å². The van der Waals surface area contributed by atoms with Gasteiger partial charge in [0, 0.05) is 19.4 Å². The molecule has 0 aromatic carbocycles. The van der Waals surface area contributed by atoms with Gasteiger partial charge in [-0.05, 0) is 24.7 Å². The number of hydrogen-bond donors (Lipinski definition) is 1. The molecular formula is C10H13N5. The standard InChI is InChI=1S/C10H13N5/c1-11-10(8-3-5-12-13-7-8)9-4-6-14-15(9)2/h3-7,10-11H,1-2H3. The molecule has 0 radical (unpaired) electrons. The van der Waals surface area contributed by atoms with Crippen LogP contribution in [0.25, 0.3) is 0 Å². The van der Waals surface area contributed by atoms with E-state index in [0.717, 1.165) is 11.3 Å². The van der Waals surface area contributed by atoms with Gasteiger partial charge in [0.05, 0.1) is 17.9 Å². The van der Waals surface area contributed by atoms with Crippen LogP contribution in [0.4, 0.5) is 0 Å². The highest BCUT2D eigenvalue weighted by Crippen LogP contribution is 2.19. The second-order valence-corrected chi connectivity index (χ2v) is 3.28. The lowest BCUT2D eigenvalue weighted by Crippen LogP contribution is -2.20. The first-order chi connectivity index (χ1) is 7.33. The van der Waals surface area contributed by atoms with E-state index in [4.69, 9.17) is 0 Å². The van der Waals surface area contributed by atoms with Gasteiger partial charge in [-0.15, -0.1) is 0 Å². The third-order valence-corrected chi connectivity index (χ3v) is 2.38. The SMILES string of the molecule is CNC(c1ccnnc1)c1ccnn1C. The van der Waals surface area contributed by atoms with Crippen molar-refractivity contribution in [2.75, 3.05) is 7.05 Å². The van der Waals surface area contributed by atoms with Gasteiger partial charge in [-0.2, -0.15) is 15.3 Å². The monoisotopic (exact) mass is 203 g/mol. The van der Waals surface area contributed by atoms with Gasteiger partial charge >= 0.3 is 0 Å². The predicted molar refractivity (Wildman–Crippen MR) is 56.1 cm³/mol. The zero-order chi connectivity index (χ0) is 10.7. The van der Waals surface area contributed by atoms with E-state index >= 15 is 0 Å². The molecule has 2 aromatic heterocycles. The van der Waals surface area contributed by atoms with Gasteiger partial charge in [-0.3, -0.25) is 4.68 Å². The third-order valence-electron chi connectivity index (χ3n) is 2.38. The Kier molecular flexibility index (Phi) is 2.73. The maximum Gasteiger partial charge on any atom is 0.0761 e. The molecule has 1 N–H and O–H groups in total. The van der Waals surface area contributed by atoms with Crippen molar-refractivity contribution in [1.29, 1.82) is 0 Å². The second kappa shape index (κ2) is 4.18. The molecule has 78 valence electrons. The molecule has 15 heavy (non-hydrogen) atoms. The molecule has 0 aliphatic heterocycles. The summed E-state index contributed by atoms with van der Waals surface area (Å²) < 4.78 is 1.85. The van der Waals surface area contributed by atoms with Crippen LogP contribution >= 0.6 is 0 Å². The first-order valence-corrected chi connectivity index (χ1v) is 4.74. The van der Waals surface area contributed by atoms with Crippen molar-refractivity contribution in [3.05, 3.63) is 42.0 Å².